The van der Waals surface area contributed by atoms with Crippen LogP contribution in [-0.4, -0.2) is 57.8 Å². The Hall–Kier alpha value is -3.30. The summed E-state index contributed by atoms with van der Waals surface area (Å²) in [6, 6.07) is 5.80. The molecule has 3 aliphatic rings. The third kappa shape index (κ3) is 5.31. The van der Waals surface area contributed by atoms with Gasteiger partial charge in [0, 0.05) is 75.2 Å². The van der Waals surface area contributed by atoms with E-state index in [4.69, 9.17) is 14.3 Å². The third-order valence-electron chi connectivity index (χ3n) is 6.50. The highest BCUT2D eigenvalue weighted by Gasteiger charge is 2.40. The van der Waals surface area contributed by atoms with Gasteiger partial charge < -0.3 is 15.0 Å². The second-order valence-electron chi connectivity index (χ2n) is 10.8. The summed E-state index contributed by atoms with van der Waals surface area (Å²) in [5.41, 5.74) is -0.757. The minimum Gasteiger partial charge on any atom is -0.381 e. The van der Waals surface area contributed by atoms with Crippen LogP contribution in [0.4, 0.5) is 10.1 Å². The molecule has 202 valence electrons. The Bertz CT molecular complexity index is 1590. The molecule has 0 saturated carbocycles. The van der Waals surface area contributed by atoms with Crippen molar-refractivity contribution >= 4 is 23.4 Å². The van der Waals surface area contributed by atoms with E-state index >= 15 is 4.39 Å². The molecule has 0 aromatic heterocycles. The molecule has 5 rings (SSSR count). The van der Waals surface area contributed by atoms with E-state index in [1.807, 2.05) is 27.7 Å². The summed E-state index contributed by atoms with van der Waals surface area (Å²) >= 11 is 0. The van der Waals surface area contributed by atoms with Crippen molar-refractivity contribution in [2.24, 2.45) is 0 Å². The Morgan fingerprint density at radius 1 is 1.13 bits per heavy atom. The number of carbonyl (C=O) groups is 3. The number of fused-ring (bicyclic) bond motifs is 1. The van der Waals surface area contributed by atoms with Crippen molar-refractivity contribution in [3.63, 3.8) is 0 Å². The quantitative estimate of drug-likeness (QED) is 0.556. The molecule has 0 aliphatic carbocycles. The van der Waals surface area contributed by atoms with Gasteiger partial charge in [-0.15, -0.1) is 0 Å². The highest BCUT2D eigenvalue weighted by atomic mass is 19.1. The zero-order chi connectivity index (χ0) is 33.5. The van der Waals surface area contributed by atoms with Crippen LogP contribution in [0.5, 0.6) is 0 Å². The minimum atomic E-state index is -3.40. The smallest absolute Gasteiger partial charge is 0.255 e. The van der Waals surface area contributed by atoms with Gasteiger partial charge in [-0.3, -0.25) is 24.6 Å². The van der Waals surface area contributed by atoms with E-state index in [0.29, 0.717) is 10.6 Å². The second-order valence-corrected chi connectivity index (χ2v) is 10.8. The maximum Gasteiger partial charge on any atom is 0.255 e. The van der Waals surface area contributed by atoms with E-state index in [1.54, 1.807) is 22.3 Å². The van der Waals surface area contributed by atoms with Crippen LogP contribution in [0.3, 0.4) is 0 Å². The summed E-state index contributed by atoms with van der Waals surface area (Å²) in [4.78, 5) is 40.5. The summed E-state index contributed by atoms with van der Waals surface area (Å²) in [5, 5.41) is 4.72. The number of anilines is 1. The molecule has 3 aliphatic heterocycles. The van der Waals surface area contributed by atoms with Crippen LogP contribution in [0.1, 0.15) is 77.1 Å². The number of piperidine rings is 1. The first kappa shape index (κ1) is 18.9. The van der Waals surface area contributed by atoms with Crippen LogP contribution in [0.2, 0.25) is 0 Å². The van der Waals surface area contributed by atoms with Crippen molar-refractivity contribution in [1.29, 1.82) is 0 Å². The number of amides is 3. The highest BCUT2D eigenvalue weighted by molar-refractivity contribution is 6.06. The average molecular weight is 530 g/mol. The van der Waals surface area contributed by atoms with E-state index in [9.17, 15) is 14.4 Å². The maximum atomic E-state index is 16.0. The predicted octanol–water partition coefficient (Wildman–Crippen LogP) is 3.59. The Balaban J connectivity index is 1.41. The predicted molar refractivity (Wildman–Crippen MR) is 141 cm³/mol. The number of rotatable bonds is 6. The first-order valence-corrected chi connectivity index (χ1v) is 12.3. The molecule has 2 aromatic rings. The number of imide groups is 1. The third-order valence-corrected chi connectivity index (χ3v) is 6.50. The van der Waals surface area contributed by atoms with Crippen LogP contribution in [0.25, 0.3) is 0 Å². The lowest BCUT2D eigenvalue weighted by atomic mass is 9.98. The van der Waals surface area contributed by atoms with Gasteiger partial charge in [0.1, 0.15) is 11.8 Å². The molecule has 1 atom stereocenters. The highest BCUT2D eigenvalue weighted by Crippen LogP contribution is 2.33. The summed E-state index contributed by atoms with van der Waals surface area (Å²) in [6.45, 7) is 5.10. The minimum absolute atomic E-state index is 0.0239. The fraction of sp³-hybridized carbons (Fsp3) is 0.483. The van der Waals surface area contributed by atoms with Crippen LogP contribution in [0, 0.1) is 5.82 Å². The number of benzene rings is 2. The number of hydrogen-bond donors (Lipinski definition) is 2. The molecule has 0 bridgehead atoms. The van der Waals surface area contributed by atoms with Crippen molar-refractivity contribution in [2.75, 3.05) is 18.4 Å². The fourth-order valence-corrected chi connectivity index (χ4v) is 5.27. The van der Waals surface area contributed by atoms with Gasteiger partial charge in [-0.05, 0) is 46.2 Å². The molecule has 2 N–H and O–H groups in total. The number of carbonyl (C=O) groups excluding carboxylic acids is 3. The van der Waals surface area contributed by atoms with Crippen LogP contribution >= 0.6 is 0 Å². The van der Waals surface area contributed by atoms with Crippen molar-refractivity contribution in [3.8, 4) is 0 Å². The Labute approximate surface area is 232 Å². The van der Waals surface area contributed by atoms with E-state index in [1.165, 1.54) is 24.3 Å². The molecule has 2 fully saturated rings. The molecule has 9 heteroatoms. The first-order chi connectivity index (χ1) is 20.6. The number of ether oxygens (including phenoxy) is 1. The van der Waals surface area contributed by atoms with Gasteiger partial charge >= 0.3 is 0 Å². The molecule has 2 aromatic carbocycles. The number of nitrogens with one attached hydrogen (secondary N) is 2. The average Bonchev–Trinajstić information content (AvgIpc) is 3.26. The summed E-state index contributed by atoms with van der Waals surface area (Å²) in [6.07, 6.45) is -6.70. The summed E-state index contributed by atoms with van der Waals surface area (Å²) in [7, 11) is 0. The van der Waals surface area contributed by atoms with Crippen molar-refractivity contribution < 1.29 is 33.1 Å². The lowest BCUT2D eigenvalue weighted by Gasteiger charge is -2.47. The van der Waals surface area contributed by atoms with Gasteiger partial charge in [0.2, 0.25) is 11.8 Å². The van der Waals surface area contributed by atoms with Crippen LogP contribution in [-0.2, 0) is 33.9 Å². The Morgan fingerprint density at radius 2 is 1.82 bits per heavy atom. The van der Waals surface area contributed by atoms with Gasteiger partial charge in [-0.1, -0.05) is 24.3 Å². The molecule has 3 amide bonds. The van der Waals surface area contributed by atoms with Gasteiger partial charge in [-0.25, -0.2) is 4.39 Å². The van der Waals surface area contributed by atoms with Crippen molar-refractivity contribution in [3.05, 3.63) is 64.5 Å². The molecule has 1 unspecified atom stereocenters. The standard InChI is InChI=1S/C29H35FN4O4/c1-28(2)16-33(17-29(3,4)38-28)14-19-8-5-7-18(25(19)30)13-31-22-10-6-9-20-21(22)15-34(27(20)37)23-11-12-24(35)32-26(23)36/h5-10,23,31H,11-17H2,1-4H3,(H,32,35,36)/i11D2,12D2,14D2,23D. The van der Waals surface area contributed by atoms with Gasteiger partial charge in [0.15, 0.2) is 0 Å². The molecule has 8 nitrogen and oxygen atoms in total. The monoisotopic (exact) mass is 529 g/mol. The van der Waals surface area contributed by atoms with Gasteiger partial charge in [0.05, 0.1) is 12.6 Å². The lowest BCUT2D eigenvalue weighted by Crippen LogP contribution is -2.56. The van der Waals surface area contributed by atoms with E-state index in [-0.39, 0.29) is 41.9 Å². The normalized spacial score (nSPS) is 30.5. The largest absolute Gasteiger partial charge is 0.381 e. The summed E-state index contributed by atoms with van der Waals surface area (Å²) in [5.74, 6) is -4.68. The van der Waals surface area contributed by atoms with E-state index in [0.717, 1.165) is 0 Å². The lowest BCUT2D eigenvalue weighted by molar-refractivity contribution is -0.182. The van der Waals surface area contributed by atoms with Crippen LogP contribution in [0.15, 0.2) is 36.4 Å². The number of nitrogens with zero attached hydrogens (tertiary/aromatic N) is 2. The molecule has 2 saturated heterocycles. The van der Waals surface area contributed by atoms with Crippen LogP contribution < -0.4 is 10.6 Å². The maximum absolute atomic E-state index is 16.0. The number of halogens is 1. The van der Waals surface area contributed by atoms with Gasteiger partial charge in [-0.2, -0.15) is 0 Å². The topological polar surface area (TPSA) is 91.0 Å². The van der Waals surface area contributed by atoms with E-state index in [2.05, 4.69) is 5.32 Å². The van der Waals surface area contributed by atoms with E-state index < -0.39 is 66.5 Å². The molecule has 38 heavy (non-hydrogen) atoms. The fourth-order valence-electron chi connectivity index (χ4n) is 5.27. The first-order valence-electron chi connectivity index (χ1n) is 15.8. The molecule has 0 spiro atoms. The molecule has 3 heterocycles. The number of morpholine rings is 1. The molecule has 0 radical (unpaired) electrons. The molecular weight excluding hydrogens is 487 g/mol. The Morgan fingerprint density at radius 3 is 2.55 bits per heavy atom. The SMILES string of the molecule is [2H]C([2H])(c1cccc(CNc2cccc3c2CN(C2([2H])C(=O)NC(=O)C([2H])([2H])C2([2H])[2H])C3=O)c1F)N1CC(C)(C)OC(C)(C)C1. The molecular formula is C29H35FN4O4. The zero-order valence-corrected chi connectivity index (χ0v) is 21.7. The van der Waals surface area contributed by atoms with Crippen molar-refractivity contribution in [1.82, 2.24) is 15.1 Å². The zero-order valence-electron chi connectivity index (χ0n) is 28.7. The second kappa shape index (κ2) is 9.78. The number of hydrogen-bond acceptors (Lipinski definition) is 6. The van der Waals surface area contributed by atoms with Gasteiger partial charge in [0.25, 0.3) is 5.91 Å². The van der Waals surface area contributed by atoms with Crippen molar-refractivity contribution in [2.45, 2.75) is 77.2 Å². The Kier molecular flexibility index (Phi) is 4.86. The summed E-state index contributed by atoms with van der Waals surface area (Å²) < 4.78 is 81.1.